The van der Waals surface area contributed by atoms with Crippen molar-refractivity contribution in [3.63, 3.8) is 0 Å². The van der Waals surface area contributed by atoms with Crippen molar-refractivity contribution in [2.45, 2.75) is 44.3 Å². The number of halogens is 1. The normalized spacial score (nSPS) is 23.7. The number of benzene rings is 1. The van der Waals surface area contributed by atoms with Crippen LogP contribution in [0.15, 0.2) is 24.3 Å². The van der Waals surface area contributed by atoms with Crippen LogP contribution in [0.2, 0.25) is 5.02 Å². The van der Waals surface area contributed by atoms with Crippen molar-refractivity contribution in [3.05, 3.63) is 34.9 Å². The maximum Gasteiger partial charge on any atom is 0.317 e. The number of piperidine rings is 1. The Morgan fingerprint density at radius 3 is 2.48 bits per heavy atom. The van der Waals surface area contributed by atoms with Crippen LogP contribution in [0.3, 0.4) is 0 Å². The monoisotopic (exact) mass is 394 g/mol. The Morgan fingerprint density at radius 2 is 1.89 bits per heavy atom. The molecular weight excluding hydrogens is 368 g/mol. The molecule has 0 bridgehead atoms. The summed E-state index contributed by atoms with van der Waals surface area (Å²) in [4.78, 5) is 27.7. The molecule has 2 aliphatic heterocycles. The van der Waals surface area contributed by atoms with Gasteiger partial charge in [0.25, 0.3) is 0 Å². The van der Waals surface area contributed by atoms with Crippen LogP contribution in [-0.4, -0.2) is 65.0 Å². The van der Waals surface area contributed by atoms with Gasteiger partial charge in [0, 0.05) is 30.2 Å². The van der Waals surface area contributed by atoms with Crippen molar-refractivity contribution in [1.82, 2.24) is 20.7 Å². The van der Waals surface area contributed by atoms with Gasteiger partial charge in [-0.3, -0.25) is 14.5 Å². The van der Waals surface area contributed by atoms with Gasteiger partial charge in [0.05, 0.1) is 6.54 Å². The molecule has 8 heteroatoms. The Morgan fingerprint density at radius 1 is 1.22 bits per heavy atom. The molecule has 3 rings (SSSR count). The average molecular weight is 395 g/mol. The molecule has 27 heavy (non-hydrogen) atoms. The Labute approximate surface area is 164 Å². The summed E-state index contributed by atoms with van der Waals surface area (Å²) in [5.74, 6) is -0.691. The predicted molar refractivity (Wildman–Crippen MR) is 103 cm³/mol. The minimum Gasteiger partial charge on any atom is -0.480 e. The van der Waals surface area contributed by atoms with Crippen molar-refractivity contribution in [3.8, 4) is 0 Å². The summed E-state index contributed by atoms with van der Waals surface area (Å²) >= 11 is 5.94. The Hall–Kier alpha value is -1.67. The number of aliphatic carboxylic acids is 1. The van der Waals surface area contributed by atoms with Crippen molar-refractivity contribution >= 4 is 23.5 Å². The molecule has 0 aromatic heterocycles. The van der Waals surface area contributed by atoms with E-state index in [1.54, 1.807) is 0 Å². The van der Waals surface area contributed by atoms with E-state index in [1.165, 1.54) is 0 Å². The highest BCUT2D eigenvalue weighted by Crippen LogP contribution is 2.25. The highest BCUT2D eigenvalue weighted by atomic mass is 35.5. The van der Waals surface area contributed by atoms with Crippen LogP contribution in [0.25, 0.3) is 0 Å². The van der Waals surface area contributed by atoms with Crippen LogP contribution in [-0.2, 0) is 9.59 Å². The Bertz CT molecular complexity index is 661. The van der Waals surface area contributed by atoms with Gasteiger partial charge in [0.2, 0.25) is 5.91 Å². The first-order chi connectivity index (χ1) is 13.0. The molecule has 1 amide bonds. The van der Waals surface area contributed by atoms with E-state index in [2.05, 4.69) is 10.9 Å². The molecule has 0 spiro atoms. The fraction of sp³-hybridized carbons (Fsp3) is 0.579. The van der Waals surface area contributed by atoms with E-state index in [9.17, 15) is 9.59 Å². The van der Waals surface area contributed by atoms with E-state index < -0.39 is 5.97 Å². The molecule has 0 aliphatic carbocycles. The second-order valence-corrected chi connectivity index (χ2v) is 7.63. The maximum atomic E-state index is 12.8. The molecule has 2 unspecified atom stereocenters. The molecule has 2 fully saturated rings. The summed E-state index contributed by atoms with van der Waals surface area (Å²) in [7, 11) is 0. The van der Waals surface area contributed by atoms with Gasteiger partial charge in [-0.2, -0.15) is 0 Å². The number of carboxylic acid groups (broad SMARTS) is 1. The summed E-state index contributed by atoms with van der Waals surface area (Å²) in [6.45, 7) is 4.09. The van der Waals surface area contributed by atoms with E-state index >= 15 is 0 Å². The smallest absolute Gasteiger partial charge is 0.317 e. The number of carboxylic acids is 1. The van der Waals surface area contributed by atoms with Crippen LogP contribution >= 0.6 is 11.6 Å². The second-order valence-electron chi connectivity index (χ2n) is 7.19. The molecule has 0 saturated carbocycles. The zero-order valence-electron chi connectivity index (χ0n) is 15.5. The fourth-order valence-corrected chi connectivity index (χ4v) is 4.10. The molecule has 148 valence electrons. The number of hydrogen-bond acceptors (Lipinski definition) is 5. The van der Waals surface area contributed by atoms with Gasteiger partial charge in [-0.05, 0) is 43.5 Å². The lowest BCUT2D eigenvalue weighted by molar-refractivity contribution is -0.140. The van der Waals surface area contributed by atoms with Gasteiger partial charge in [0.1, 0.15) is 6.04 Å². The Balaban J connectivity index is 1.51. The first-order valence-electron chi connectivity index (χ1n) is 9.49. The summed E-state index contributed by atoms with van der Waals surface area (Å²) < 4.78 is 0. The molecular formula is C19H27ClN4O3. The molecule has 0 radical (unpaired) electrons. The fourth-order valence-electron chi connectivity index (χ4n) is 3.98. The lowest BCUT2D eigenvalue weighted by Gasteiger charge is -2.38. The van der Waals surface area contributed by atoms with Gasteiger partial charge in [-0.1, -0.05) is 30.7 Å². The van der Waals surface area contributed by atoms with Crippen LogP contribution in [0, 0.1) is 0 Å². The molecule has 1 aromatic rings. The number of hydrazine groups is 1. The number of hydrogen-bond donors (Lipinski definition) is 3. The summed E-state index contributed by atoms with van der Waals surface area (Å²) in [6, 6.07) is 7.73. The lowest BCUT2D eigenvalue weighted by Crippen LogP contribution is -2.52. The van der Waals surface area contributed by atoms with Crippen molar-refractivity contribution in [2.24, 2.45) is 0 Å². The predicted octanol–water partition coefficient (Wildman–Crippen LogP) is 1.65. The molecule has 7 nitrogen and oxygen atoms in total. The molecule has 3 N–H and O–H groups in total. The van der Waals surface area contributed by atoms with Gasteiger partial charge in [0.15, 0.2) is 0 Å². The van der Waals surface area contributed by atoms with E-state index in [0.717, 1.165) is 18.4 Å². The third-order valence-electron chi connectivity index (χ3n) is 5.51. The minimum atomic E-state index is -0.801. The van der Waals surface area contributed by atoms with Crippen LogP contribution in [0.1, 0.15) is 37.8 Å². The number of amides is 1. The topological polar surface area (TPSA) is 84.9 Å². The highest BCUT2D eigenvalue weighted by Gasteiger charge is 2.35. The number of carbonyl (C=O) groups excluding carboxylic acids is 1. The maximum absolute atomic E-state index is 12.8. The van der Waals surface area contributed by atoms with E-state index in [-0.39, 0.29) is 30.6 Å². The molecule has 1 aromatic carbocycles. The zero-order valence-corrected chi connectivity index (χ0v) is 16.3. The number of nitrogens with one attached hydrogen (secondary N) is 2. The van der Waals surface area contributed by atoms with Crippen molar-refractivity contribution in [1.29, 1.82) is 0 Å². The van der Waals surface area contributed by atoms with Gasteiger partial charge >= 0.3 is 5.97 Å². The van der Waals surface area contributed by atoms with Gasteiger partial charge < -0.3 is 10.0 Å². The van der Waals surface area contributed by atoms with E-state index in [4.69, 9.17) is 16.7 Å². The first kappa shape index (κ1) is 20.1. The molecule has 2 saturated heterocycles. The SMILES string of the molecule is CCN(CC(=O)O)C1CCN(C(=O)C2CC(c3ccc(Cl)cc3)NN2)CC1. The lowest BCUT2D eigenvalue weighted by atomic mass is 9.99. The number of likely N-dealkylation sites (N-methyl/N-ethyl adjacent to an activating group) is 1. The van der Waals surface area contributed by atoms with Crippen LogP contribution < -0.4 is 10.9 Å². The number of likely N-dealkylation sites (tertiary alicyclic amines) is 1. The van der Waals surface area contributed by atoms with Crippen molar-refractivity contribution < 1.29 is 14.7 Å². The first-order valence-corrected chi connectivity index (χ1v) is 9.87. The van der Waals surface area contributed by atoms with Gasteiger partial charge in [-0.25, -0.2) is 10.9 Å². The van der Waals surface area contributed by atoms with E-state index in [1.807, 2.05) is 41.0 Å². The second kappa shape index (κ2) is 9.01. The van der Waals surface area contributed by atoms with Crippen molar-refractivity contribution in [2.75, 3.05) is 26.2 Å². The summed E-state index contributed by atoms with van der Waals surface area (Å²) in [5.41, 5.74) is 7.44. The molecule has 2 aliphatic rings. The third kappa shape index (κ3) is 4.99. The summed E-state index contributed by atoms with van der Waals surface area (Å²) in [6.07, 6.45) is 2.32. The quantitative estimate of drug-likeness (QED) is 0.680. The highest BCUT2D eigenvalue weighted by molar-refractivity contribution is 6.30. The van der Waals surface area contributed by atoms with E-state index in [0.29, 0.717) is 31.1 Å². The zero-order chi connectivity index (χ0) is 19.4. The number of carbonyl (C=O) groups is 2. The third-order valence-corrected chi connectivity index (χ3v) is 5.76. The number of nitrogens with zero attached hydrogens (tertiary/aromatic N) is 2. The Kier molecular flexibility index (Phi) is 6.70. The van der Waals surface area contributed by atoms with Gasteiger partial charge in [-0.15, -0.1) is 0 Å². The minimum absolute atomic E-state index is 0.0615. The average Bonchev–Trinajstić information content (AvgIpc) is 3.16. The number of rotatable bonds is 6. The van der Waals surface area contributed by atoms with Crippen LogP contribution in [0.5, 0.6) is 0 Å². The standard InChI is InChI=1S/C19H27ClN4O3/c1-2-23(12-18(25)26)15-7-9-24(10-8-15)19(27)17-11-16(21-22-17)13-3-5-14(20)6-4-13/h3-6,15-17,21-22H,2,7-12H2,1H3,(H,25,26). The molecule has 2 heterocycles. The van der Waals surface area contributed by atoms with Crippen LogP contribution in [0.4, 0.5) is 0 Å². The molecule has 2 atom stereocenters. The summed E-state index contributed by atoms with van der Waals surface area (Å²) in [5, 5.41) is 9.73. The largest absolute Gasteiger partial charge is 0.480 e.